The summed E-state index contributed by atoms with van der Waals surface area (Å²) in [5.74, 6) is -0.422. The number of nitrogens with zero attached hydrogens (tertiary/aromatic N) is 3. The summed E-state index contributed by atoms with van der Waals surface area (Å²) >= 11 is 3.10. The second kappa shape index (κ2) is 10.3. The Labute approximate surface area is 196 Å². The van der Waals surface area contributed by atoms with Crippen molar-refractivity contribution in [3.63, 3.8) is 0 Å². The second-order valence-electron chi connectivity index (χ2n) is 7.42. The normalized spacial score (nSPS) is 12.9. The van der Waals surface area contributed by atoms with Crippen LogP contribution < -0.4 is 4.80 Å². The van der Waals surface area contributed by atoms with Crippen LogP contribution in [0.3, 0.4) is 0 Å². The molecule has 0 unspecified atom stereocenters. The lowest BCUT2D eigenvalue weighted by Crippen LogP contribution is -2.33. The van der Waals surface area contributed by atoms with Crippen molar-refractivity contribution in [2.75, 3.05) is 27.0 Å². The molecule has 0 N–H and O–H groups in total. The highest BCUT2D eigenvalue weighted by Crippen LogP contribution is 2.24. The topological polar surface area (TPSA) is 81.0 Å². The Kier molecular flexibility index (Phi) is 7.94. The largest absolute Gasteiger partial charge is 0.383 e. The quantitative estimate of drug-likeness (QED) is 0.446. The van der Waals surface area contributed by atoms with Crippen molar-refractivity contribution in [2.45, 2.75) is 36.2 Å². The minimum Gasteiger partial charge on any atom is -0.383 e. The van der Waals surface area contributed by atoms with Gasteiger partial charge in [0.1, 0.15) is 0 Å². The van der Waals surface area contributed by atoms with Gasteiger partial charge in [0, 0.05) is 37.2 Å². The predicted octanol–water partition coefficient (Wildman–Crippen LogP) is 3.84. The molecule has 10 heteroatoms. The number of carbonyl (C=O) groups excluding carboxylic acids is 1. The van der Waals surface area contributed by atoms with Crippen LogP contribution in [-0.4, -0.2) is 56.3 Å². The van der Waals surface area contributed by atoms with Crippen molar-refractivity contribution >= 4 is 49.2 Å². The zero-order chi connectivity index (χ0) is 23.5. The molecular formula is C22H27N3O4S3. The van der Waals surface area contributed by atoms with Gasteiger partial charge in [-0.15, -0.1) is 11.8 Å². The molecule has 0 saturated carbocycles. The second-order valence-corrected chi connectivity index (χ2v) is 11.3. The first kappa shape index (κ1) is 24.7. The lowest BCUT2D eigenvalue weighted by Gasteiger charge is -2.20. The maximum atomic E-state index is 12.9. The van der Waals surface area contributed by atoms with Gasteiger partial charge in [0.2, 0.25) is 10.0 Å². The van der Waals surface area contributed by atoms with Gasteiger partial charge >= 0.3 is 0 Å². The molecule has 0 fully saturated rings. The third-order valence-electron chi connectivity index (χ3n) is 5.11. The van der Waals surface area contributed by atoms with E-state index in [1.54, 1.807) is 32.7 Å². The Morgan fingerprint density at radius 2 is 1.91 bits per heavy atom. The van der Waals surface area contributed by atoms with Gasteiger partial charge in [-0.1, -0.05) is 11.3 Å². The monoisotopic (exact) mass is 493 g/mol. The Bertz CT molecular complexity index is 1280. The number of sulfonamides is 1. The number of ether oxygens (including phenoxy) is 1. The van der Waals surface area contributed by atoms with Crippen LogP contribution in [0.2, 0.25) is 0 Å². The van der Waals surface area contributed by atoms with Crippen LogP contribution in [0.5, 0.6) is 0 Å². The first-order valence-corrected chi connectivity index (χ1v) is 13.5. The van der Waals surface area contributed by atoms with Gasteiger partial charge < -0.3 is 9.30 Å². The highest BCUT2D eigenvalue weighted by atomic mass is 32.2. The van der Waals surface area contributed by atoms with Crippen LogP contribution in [0.25, 0.3) is 10.2 Å². The first-order valence-electron chi connectivity index (χ1n) is 10.0. The summed E-state index contributed by atoms with van der Waals surface area (Å²) in [7, 11) is -0.434. The summed E-state index contributed by atoms with van der Waals surface area (Å²) in [4.78, 5) is 19.1. The first-order chi connectivity index (χ1) is 15.2. The molecule has 3 rings (SSSR count). The minimum atomic E-state index is -3.61. The van der Waals surface area contributed by atoms with Crippen molar-refractivity contribution in [1.82, 2.24) is 8.87 Å². The van der Waals surface area contributed by atoms with Gasteiger partial charge in [-0.3, -0.25) is 4.79 Å². The molecule has 1 amide bonds. The average molecular weight is 494 g/mol. The maximum absolute atomic E-state index is 12.9. The molecular weight excluding hydrogens is 466 g/mol. The number of amides is 1. The Balaban J connectivity index is 1.98. The number of aromatic nitrogens is 1. The van der Waals surface area contributed by atoms with Gasteiger partial charge in [0.25, 0.3) is 5.91 Å². The summed E-state index contributed by atoms with van der Waals surface area (Å²) in [6.45, 7) is 4.67. The smallest absolute Gasteiger partial charge is 0.279 e. The Hall–Kier alpha value is -1.98. The van der Waals surface area contributed by atoms with E-state index in [1.165, 1.54) is 47.0 Å². The number of hydrogen-bond donors (Lipinski definition) is 0. The molecule has 1 aromatic heterocycles. The van der Waals surface area contributed by atoms with E-state index in [9.17, 15) is 13.2 Å². The van der Waals surface area contributed by atoms with Crippen molar-refractivity contribution in [2.24, 2.45) is 4.99 Å². The van der Waals surface area contributed by atoms with Gasteiger partial charge in [-0.2, -0.15) is 9.30 Å². The molecule has 2 aromatic carbocycles. The summed E-state index contributed by atoms with van der Waals surface area (Å²) in [5, 5.41) is 0. The number of carbonyl (C=O) groups is 1. The maximum Gasteiger partial charge on any atom is 0.279 e. The lowest BCUT2D eigenvalue weighted by atomic mass is 10.2. The molecule has 0 aliphatic carbocycles. The van der Waals surface area contributed by atoms with Gasteiger partial charge in [-0.05, 0) is 62.6 Å². The van der Waals surface area contributed by atoms with E-state index in [0.29, 0.717) is 23.5 Å². The molecule has 7 nitrogen and oxygen atoms in total. The molecule has 0 bridgehead atoms. The summed E-state index contributed by atoms with van der Waals surface area (Å²) in [6, 6.07) is 11.9. The SMILES string of the molecule is COCCn1c(=NC(=O)c2ccc(S(=O)(=O)N(C)C(C)C)cc2)sc2cc(SC)ccc21. The molecule has 1 heterocycles. The molecule has 0 spiro atoms. The molecule has 0 saturated heterocycles. The van der Waals surface area contributed by atoms with E-state index in [4.69, 9.17) is 4.74 Å². The Morgan fingerprint density at radius 1 is 1.22 bits per heavy atom. The van der Waals surface area contributed by atoms with E-state index in [-0.39, 0.29) is 10.9 Å². The van der Waals surface area contributed by atoms with E-state index < -0.39 is 15.9 Å². The molecule has 32 heavy (non-hydrogen) atoms. The van der Waals surface area contributed by atoms with E-state index in [0.717, 1.165) is 15.1 Å². The minimum absolute atomic E-state index is 0.145. The van der Waals surface area contributed by atoms with Crippen molar-refractivity contribution < 1.29 is 17.9 Å². The molecule has 0 radical (unpaired) electrons. The molecule has 3 aromatic rings. The number of rotatable bonds is 8. The van der Waals surface area contributed by atoms with Crippen LogP contribution in [0, 0.1) is 0 Å². The highest BCUT2D eigenvalue weighted by Gasteiger charge is 2.23. The summed E-state index contributed by atoms with van der Waals surface area (Å²) in [5.41, 5.74) is 1.33. The fourth-order valence-electron chi connectivity index (χ4n) is 3.03. The van der Waals surface area contributed by atoms with Crippen LogP contribution in [0.1, 0.15) is 24.2 Å². The number of benzene rings is 2. The van der Waals surface area contributed by atoms with Crippen LogP contribution in [0.15, 0.2) is 57.2 Å². The third-order valence-corrected chi connectivity index (χ3v) is 8.93. The van der Waals surface area contributed by atoms with E-state index in [2.05, 4.69) is 11.1 Å². The third kappa shape index (κ3) is 5.15. The fourth-order valence-corrected chi connectivity index (χ4v) is 6.01. The summed E-state index contributed by atoms with van der Waals surface area (Å²) in [6.07, 6.45) is 2.02. The van der Waals surface area contributed by atoms with E-state index in [1.807, 2.05) is 23.0 Å². The predicted molar refractivity (Wildman–Crippen MR) is 130 cm³/mol. The van der Waals surface area contributed by atoms with Crippen molar-refractivity contribution in [1.29, 1.82) is 0 Å². The van der Waals surface area contributed by atoms with Gasteiger partial charge in [0.05, 0.1) is 21.7 Å². The molecule has 172 valence electrons. The standard InChI is InChI=1S/C22H27N3O4S3/c1-15(2)24(3)32(27,28)18-9-6-16(7-10-18)21(26)23-22-25(12-13-29-4)19-11-8-17(30-5)14-20(19)31-22/h6-11,14-15H,12-13H2,1-5H3. The number of thiazole rings is 1. The lowest BCUT2D eigenvalue weighted by molar-refractivity contribution is 0.0997. The van der Waals surface area contributed by atoms with E-state index >= 15 is 0 Å². The molecule has 0 atom stereocenters. The number of methoxy groups -OCH3 is 1. The number of hydrogen-bond acceptors (Lipinski definition) is 6. The molecule has 0 aliphatic heterocycles. The van der Waals surface area contributed by atoms with Crippen molar-refractivity contribution in [3.05, 3.63) is 52.8 Å². The van der Waals surface area contributed by atoms with Crippen LogP contribution >= 0.6 is 23.1 Å². The molecule has 0 aliphatic rings. The number of thioether (sulfide) groups is 1. The zero-order valence-corrected chi connectivity index (χ0v) is 21.2. The summed E-state index contributed by atoms with van der Waals surface area (Å²) < 4.78 is 34.8. The zero-order valence-electron chi connectivity index (χ0n) is 18.7. The average Bonchev–Trinajstić information content (AvgIpc) is 3.12. The fraction of sp³-hybridized carbons (Fsp3) is 0.364. The van der Waals surface area contributed by atoms with Crippen molar-refractivity contribution in [3.8, 4) is 0 Å². The van der Waals surface area contributed by atoms with Crippen LogP contribution in [0.4, 0.5) is 0 Å². The van der Waals surface area contributed by atoms with Gasteiger partial charge in [0.15, 0.2) is 4.80 Å². The highest BCUT2D eigenvalue weighted by molar-refractivity contribution is 7.98. The van der Waals surface area contributed by atoms with Gasteiger partial charge in [-0.25, -0.2) is 8.42 Å². The van der Waals surface area contributed by atoms with Crippen LogP contribution in [-0.2, 0) is 21.3 Å². The Morgan fingerprint density at radius 3 is 2.50 bits per heavy atom. The number of fused-ring (bicyclic) bond motifs is 1.